The Labute approximate surface area is 137 Å². The highest BCUT2D eigenvalue weighted by Crippen LogP contribution is 2.36. The van der Waals surface area contributed by atoms with Crippen LogP contribution in [0.5, 0.6) is 11.5 Å². The first kappa shape index (κ1) is 18.4. The largest absolute Gasteiger partial charge is 0.491 e. The zero-order valence-electron chi connectivity index (χ0n) is 13.8. The minimum Gasteiger partial charge on any atom is -0.491 e. The van der Waals surface area contributed by atoms with Crippen LogP contribution >= 0.6 is 11.6 Å². The molecular weight excluding hydrogens is 302 g/mol. The summed E-state index contributed by atoms with van der Waals surface area (Å²) in [5.41, 5.74) is 0.550. The maximum atomic E-state index is 11.9. The van der Waals surface area contributed by atoms with Crippen molar-refractivity contribution in [1.29, 1.82) is 0 Å². The molecule has 1 N–H and O–H groups in total. The van der Waals surface area contributed by atoms with E-state index in [0.29, 0.717) is 23.1 Å². The number of carbonyl (C=O) groups excluding carboxylic acids is 1. The van der Waals surface area contributed by atoms with Crippen molar-refractivity contribution in [3.63, 3.8) is 0 Å². The van der Waals surface area contributed by atoms with E-state index in [1.54, 1.807) is 25.3 Å². The molecule has 1 aromatic rings. The summed E-state index contributed by atoms with van der Waals surface area (Å²) >= 11 is 6.18. The van der Waals surface area contributed by atoms with Crippen LogP contribution in [0.4, 0.5) is 0 Å². The summed E-state index contributed by atoms with van der Waals surface area (Å²) in [5.74, 6) is 0.917. The summed E-state index contributed by atoms with van der Waals surface area (Å²) in [4.78, 5) is 11.9. The first-order valence-electron chi connectivity index (χ1n) is 7.33. The first-order chi connectivity index (χ1) is 10.3. The molecule has 0 heterocycles. The van der Waals surface area contributed by atoms with Crippen LogP contribution < -0.4 is 14.8 Å². The van der Waals surface area contributed by atoms with E-state index < -0.39 is 0 Å². The molecule has 0 spiro atoms. The lowest BCUT2D eigenvalue weighted by Gasteiger charge is -2.23. The Morgan fingerprint density at radius 2 is 2.05 bits per heavy atom. The van der Waals surface area contributed by atoms with Crippen LogP contribution in [0.3, 0.4) is 0 Å². The number of hydrogen-bond acceptors (Lipinski definition) is 3. The molecule has 1 rings (SSSR count). The highest BCUT2D eigenvalue weighted by Gasteiger charge is 2.16. The molecule has 4 nitrogen and oxygen atoms in total. The maximum Gasteiger partial charge on any atom is 0.244 e. The highest BCUT2D eigenvalue weighted by molar-refractivity contribution is 6.32. The number of nitrogens with one attached hydrogen (secondary N) is 1. The van der Waals surface area contributed by atoms with Crippen molar-refractivity contribution in [2.45, 2.75) is 39.7 Å². The lowest BCUT2D eigenvalue weighted by molar-refractivity contribution is -0.117. The molecule has 0 aromatic heterocycles. The monoisotopic (exact) mass is 325 g/mol. The topological polar surface area (TPSA) is 47.6 Å². The number of carbonyl (C=O) groups is 1. The molecule has 0 fully saturated rings. The van der Waals surface area contributed by atoms with Crippen LogP contribution in [0.1, 0.15) is 39.7 Å². The van der Waals surface area contributed by atoms with E-state index in [1.165, 1.54) is 6.08 Å². The number of hydrogen-bond donors (Lipinski definition) is 1. The first-order valence-corrected chi connectivity index (χ1v) is 7.71. The maximum absolute atomic E-state index is 11.9. The van der Waals surface area contributed by atoms with E-state index in [9.17, 15) is 4.79 Å². The predicted octanol–water partition coefficient (Wildman–Crippen LogP) is 4.07. The van der Waals surface area contributed by atoms with Gasteiger partial charge < -0.3 is 14.8 Å². The molecule has 0 saturated heterocycles. The van der Waals surface area contributed by atoms with Crippen molar-refractivity contribution in [1.82, 2.24) is 5.32 Å². The summed E-state index contributed by atoms with van der Waals surface area (Å²) < 4.78 is 10.7. The van der Waals surface area contributed by atoms with Crippen molar-refractivity contribution in [2.75, 3.05) is 13.7 Å². The van der Waals surface area contributed by atoms with Gasteiger partial charge in [0.05, 0.1) is 18.7 Å². The highest BCUT2D eigenvalue weighted by atomic mass is 35.5. The van der Waals surface area contributed by atoms with Crippen molar-refractivity contribution < 1.29 is 14.3 Å². The Kier molecular flexibility index (Phi) is 6.75. The molecule has 0 radical (unpaired) electrons. The lowest BCUT2D eigenvalue weighted by atomic mass is 10.0. The van der Waals surface area contributed by atoms with Crippen LogP contribution in [0, 0.1) is 0 Å². The molecule has 0 aliphatic rings. The van der Waals surface area contributed by atoms with Gasteiger partial charge in [-0.15, -0.1) is 0 Å². The molecule has 0 saturated carbocycles. The molecule has 0 atom stereocenters. The van der Waals surface area contributed by atoms with Gasteiger partial charge in [-0.1, -0.05) is 18.5 Å². The van der Waals surface area contributed by atoms with Crippen LogP contribution in [0.15, 0.2) is 18.2 Å². The van der Waals surface area contributed by atoms with Gasteiger partial charge in [0, 0.05) is 11.6 Å². The van der Waals surface area contributed by atoms with Gasteiger partial charge in [-0.25, -0.2) is 0 Å². The van der Waals surface area contributed by atoms with Crippen molar-refractivity contribution in [3.8, 4) is 11.5 Å². The van der Waals surface area contributed by atoms with E-state index in [-0.39, 0.29) is 11.4 Å². The quantitative estimate of drug-likeness (QED) is 0.769. The zero-order valence-corrected chi connectivity index (χ0v) is 14.6. The fraction of sp³-hybridized carbons (Fsp3) is 0.471. The summed E-state index contributed by atoms with van der Waals surface area (Å²) in [6.07, 6.45) is 4.05. The molecule has 1 aromatic carbocycles. The third-order valence-electron chi connectivity index (χ3n) is 3.31. The summed E-state index contributed by atoms with van der Waals surface area (Å²) in [6, 6.07) is 3.53. The van der Waals surface area contributed by atoms with Gasteiger partial charge in [0.1, 0.15) is 0 Å². The zero-order chi connectivity index (χ0) is 16.8. The van der Waals surface area contributed by atoms with E-state index in [1.807, 2.05) is 27.7 Å². The molecule has 0 aliphatic heterocycles. The molecule has 122 valence electrons. The number of halogens is 1. The Bertz CT molecular complexity index is 553. The summed E-state index contributed by atoms with van der Waals surface area (Å²) in [6.45, 7) is 8.38. The van der Waals surface area contributed by atoms with E-state index in [2.05, 4.69) is 5.32 Å². The number of benzene rings is 1. The Hall–Kier alpha value is -1.68. The van der Waals surface area contributed by atoms with Crippen LogP contribution in [-0.4, -0.2) is 25.2 Å². The Morgan fingerprint density at radius 1 is 1.36 bits per heavy atom. The minimum absolute atomic E-state index is 0.142. The molecule has 0 bridgehead atoms. The summed E-state index contributed by atoms with van der Waals surface area (Å²) in [7, 11) is 1.54. The van der Waals surface area contributed by atoms with Crippen molar-refractivity contribution in [3.05, 3.63) is 28.8 Å². The fourth-order valence-electron chi connectivity index (χ4n) is 1.78. The molecular formula is C17H24ClNO3. The smallest absolute Gasteiger partial charge is 0.244 e. The van der Waals surface area contributed by atoms with Gasteiger partial charge in [-0.2, -0.15) is 0 Å². The normalized spacial score (nSPS) is 11.5. The molecule has 0 unspecified atom stereocenters. The number of methoxy groups -OCH3 is 1. The lowest BCUT2D eigenvalue weighted by Crippen LogP contribution is -2.41. The van der Waals surface area contributed by atoms with E-state index in [4.69, 9.17) is 21.1 Å². The van der Waals surface area contributed by atoms with Crippen LogP contribution in [0.25, 0.3) is 6.08 Å². The van der Waals surface area contributed by atoms with Gasteiger partial charge in [0.25, 0.3) is 0 Å². The van der Waals surface area contributed by atoms with E-state index >= 15 is 0 Å². The van der Waals surface area contributed by atoms with Gasteiger partial charge in [-0.3, -0.25) is 4.79 Å². The van der Waals surface area contributed by atoms with Gasteiger partial charge >= 0.3 is 0 Å². The predicted molar refractivity (Wildman–Crippen MR) is 90.7 cm³/mol. The van der Waals surface area contributed by atoms with Crippen LogP contribution in [-0.2, 0) is 4.79 Å². The molecule has 0 aliphatic carbocycles. The molecule has 22 heavy (non-hydrogen) atoms. The number of amides is 1. The average Bonchev–Trinajstić information content (AvgIpc) is 2.45. The van der Waals surface area contributed by atoms with E-state index in [0.717, 1.165) is 12.0 Å². The summed E-state index contributed by atoms with van der Waals surface area (Å²) in [5, 5.41) is 3.39. The molecule has 1 amide bonds. The Balaban J connectivity index is 2.94. The second-order valence-corrected chi connectivity index (χ2v) is 5.93. The fourth-order valence-corrected chi connectivity index (χ4v) is 2.08. The third kappa shape index (κ3) is 5.26. The average molecular weight is 326 g/mol. The number of rotatable bonds is 7. The Morgan fingerprint density at radius 3 is 2.59 bits per heavy atom. The molecule has 5 heteroatoms. The van der Waals surface area contributed by atoms with Crippen molar-refractivity contribution >= 4 is 23.6 Å². The van der Waals surface area contributed by atoms with Gasteiger partial charge in [0.15, 0.2) is 11.5 Å². The number of ether oxygens (including phenoxy) is 2. The standard InChI is InChI=1S/C17H24ClNO3/c1-6-17(3,4)19-15(20)9-8-12-10-13(18)16(21-5)14(11-12)22-7-2/h8-11H,6-7H2,1-5H3,(H,19,20). The second-order valence-electron chi connectivity index (χ2n) is 5.53. The van der Waals surface area contributed by atoms with Gasteiger partial charge in [0.2, 0.25) is 5.91 Å². The van der Waals surface area contributed by atoms with Crippen LogP contribution in [0.2, 0.25) is 5.02 Å². The van der Waals surface area contributed by atoms with Gasteiger partial charge in [-0.05, 0) is 51.0 Å². The van der Waals surface area contributed by atoms with Crippen molar-refractivity contribution in [2.24, 2.45) is 0 Å². The second kappa shape index (κ2) is 8.08. The SMILES string of the molecule is CCOc1cc(C=CC(=O)NC(C)(C)CC)cc(Cl)c1OC. The minimum atomic E-state index is -0.227. The third-order valence-corrected chi connectivity index (χ3v) is 3.59.